The molecule has 3 aromatic rings. The van der Waals surface area contributed by atoms with Gasteiger partial charge in [0, 0.05) is 25.0 Å². The van der Waals surface area contributed by atoms with Crippen LogP contribution < -0.4 is 11.1 Å². The van der Waals surface area contributed by atoms with E-state index in [0.29, 0.717) is 16.9 Å². The number of alkyl halides is 1. The number of hydrogen-bond acceptors (Lipinski definition) is 6. The van der Waals surface area contributed by atoms with Crippen LogP contribution in [0.2, 0.25) is 0 Å². The highest BCUT2D eigenvalue weighted by Crippen LogP contribution is 2.26. The van der Waals surface area contributed by atoms with Crippen LogP contribution in [0.5, 0.6) is 0 Å². The summed E-state index contributed by atoms with van der Waals surface area (Å²) in [5, 5.41) is 2.93. The third kappa shape index (κ3) is 3.54. The molecule has 9 heteroatoms. The maximum Gasteiger partial charge on any atom is 0.231 e. The van der Waals surface area contributed by atoms with Crippen LogP contribution in [-0.4, -0.2) is 21.5 Å². The molecule has 0 saturated heterocycles. The first-order chi connectivity index (χ1) is 10.7. The lowest BCUT2D eigenvalue weighted by atomic mass is 10.3. The van der Waals surface area contributed by atoms with Gasteiger partial charge in [0.05, 0.1) is 12.2 Å². The topological polar surface area (TPSA) is 89.9 Å². The van der Waals surface area contributed by atoms with Crippen molar-refractivity contribution in [2.75, 3.05) is 11.9 Å². The number of hydrogen-bond donors (Lipinski definition) is 2. The molecule has 0 aliphatic heterocycles. The van der Waals surface area contributed by atoms with E-state index in [1.165, 1.54) is 24.5 Å². The maximum atomic E-state index is 13.6. The number of nitrogens with one attached hydrogen (secondary N) is 1. The van der Waals surface area contributed by atoms with Gasteiger partial charge in [-0.05, 0) is 12.1 Å². The number of nitrogens with two attached hydrogens (primary N) is 1. The van der Waals surface area contributed by atoms with Crippen LogP contribution >= 0.6 is 12.4 Å². The van der Waals surface area contributed by atoms with E-state index < -0.39 is 12.0 Å². The molecule has 3 heterocycles. The minimum absolute atomic E-state index is 0. The molecule has 0 bridgehead atoms. The second kappa shape index (κ2) is 7.30. The maximum absolute atomic E-state index is 13.6. The first-order valence-electron chi connectivity index (χ1n) is 6.62. The van der Waals surface area contributed by atoms with Crippen LogP contribution in [0.4, 0.5) is 14.6 Å². The molecule has 0 aromatic carbocycles. The third-order valence-corrected chi connectivity index (χ3v) is 3.06. The Balaban J connectivity index is 0.00000192. The molecule has 122 valence electrons. The Labute approximate surface area is 136 Å². The summed E-state index contributed by atoms with van der Waals surface area (Å²) in [7, 11) is 0. The summed E-state index contributed by atoms with van der Waals surface area (Å²) in [5.74, 6) is -0.158. The van der Waals surface area contributed by atoms with E-state index in [2.05, 4.69) is 20.3 Å². The Bertz CT molecular complexity index is 798. The van der Waals surface area contributed by atoms with E-state index in [9.17, 15) is 8.78 Å². The fourth-order valence-corrected chi connectivity index (χ4v) is 1.95. The van der Waals surface area contributed by atoms with Crippen molar-refractivity contribution in [1.82, 2.24) is 15.0 Å². The molecule has 0 saturated carbocycles. The molecule has 0 radical (unpaired) electrons. The van der Waals surface area contributed by atoms with Crippen LogP contribution in [-0.2, 0) is 6.54 Å². The zero-order chi connectivity index (χ0) is 15.5. The summed E-state index contributed by atoms with van der Waals surface area (Å²) in [4.78, 5) is 12.1. The van der Waals surface area contributed by atoms with Crippen molar-refractivity contribution in [1.29, 1.82) is 0 Å². The van der Waals surface area contributed by atoms with Gasteiger partial charge in [-0.1, -0.05) is 0 Å². The molecule has 23 heavy (non-hydrogen) atoms. The van der Waals surface area contributed by atoms with E-state index in [0.717, 1.165) is 0 Å². The molecular weight excluding hydrogens is 328 g/mol. The van der Waals surface area contributed by atoms with E-state index in [-0.39, 0.29) is 37.1 Å². The Morgan fingerprint density at radius 3 is 2.83 bits per heavy atom. The van der Waals surface area contributed by atoms with Crippen LogP contribution in [0.15, 0.2) is 35.0 Å². The van der Waals surface area contributed by atoms with Gasteiger partial charge < -0.3 is 15.5 Å². The Morgan fingerprint density at radius 1 is 1.26 bits per heavy atom. The molecule has 0 spiro atoms. The highest BCUT2D eigenvalue weighted by atomic mass is 35.5. The molecule has 3 rings (SSSR count). The number of oxazole rings is 1. The summed E-state index contributed by atoms with van der Waals surface area (Å²) in [5.41, 5.74) is 6.25. The largest absolute Gasteiger partial charge is 0.437 e. The second-order valence-corrected chi connectivity index (χ2v) is 4.55. The molecule has 3 aromatic heterocycles. The SMILES string of the molecule is Cl.NCC(F)c1nc2c(NCc3ncccc3F)nccc2o1. The molecule has 1 unspecified atom stereocenters. The first-order valence-corrected chi connectivity index (χ1v) is 6.62. The van der Waals surface area contributed by atoms with Gasteiger partial charge in [0.1, 0.15) is 5.82 Å². The van der Waals surface area contributed by atoms with E-state index in [1.807, 2.05) is 0 Å². The van der Waals surface area contributed by atoms with Crippen LogP contribution in [0.1, 0.15) is 17.8 Å². The van der Waals surface area contributed by atoms with Crippen molar-refractivity contribution in [3.63, 3.8) is 0 Å². The fourth-order valence-electron chi connectivity index (χ4n) is 1.95. The lowest BCUT2D eigenvalue weighted by Gasteiger charge is -2.05. The van der Waals surface area contributed by atoms with Gasteiger partial charge in [-0.3, -0.25) is 4.98 Å². The lowest BCUT2D eigenvalue weighted by Crippen LogP contribution is -2.08. The van der Waals surface area contributed by atoms with Gasteiger partial charge in [-0.2, -0.15) is 0 Å². The van der Waals surface area contributed by atoms with E-state index in [4.69, 9.17) is 10.2 Å². The highest BCUT2D eigenvalue weighted by molar-refractivity contribution is 5.85. The molecule has 0 aliphatic rings. The quantitative estimate of drug-likeness (QED) is 0.741. The number of nitrogens with zero attached hydrogens (tertiary/aromatic N) is 3. The van der Waals surface area contributed by atoms with Gasteiger partial charge in [0.2, 0.25) is 5.89 Å². The zero-order valence-electron chi connectivity index (χ0n) is 11.9. The minimum Gasteiger partial charge on any atom is -0.437 e. The third-order valence-electron chi connectivity index (χ3n) is 3.06. The smallest absolute Gasteiger partial charge is 0.231 e. The van der Waals surface area contributed by atoms with Crippen LogP contribution in [0.25, 0.3) is 11.1 Å². The summed E-state index contributed by atoms with van der Waals surface area (Å²) < 4.78 is 32.4. The highest BCUT2D eigenvalue weighted by Gasteiger charge is 2.18. The van der Waals surface area contributed by atoms with Crippen molar-refractivity contribution < 1.29 is 13.2 Å². The Morgan fingerprint density at radius 2 is 2.09 bits per heavy atom. The van der Waals surface area contributed by atoms with E-state index in [1.54, 1.807) is 6.07 Å². The predicted molar refractivity (Wildman–Crippen MR) is 83.5 cm³/mol. The summed E-state index contributed by atoms with van der Waals surface area (Å²) in [6.07, 6.45) is 1.51. The number of pyridine rings is 2. The fraction of sp³-hybridized carbons (Fsp3) is 0.214. The van der Waals surface area contributed by atoms with Crippen molar-refractivity contribution in [2.24, 2.45) is 5.73 Å². The molecule has 0 fully saturated rings. The molecule has 0 aliphatic carbocycles. The molecule has 1 atom stereocenters. The monoisotopic (exact) mass is 341 g/mol. The second-order valence-electron chi connectivity index (χ2n) is 4.55. The number of halogens is 3. The van der Waals surface area contributed by atoms with Crippen molar-refractivity contribution in [3.05, 3.63) is 48.0 Å². The van der Waals surface area contributed by atoms with Crippen LogP contribution in [0.3, 0.4) is 0 Å². The summed E-state index contributed by atoms with van der Waals surface area (Å²) in [6, 6.07) is 4.40. The molecule has 0 amide bonds. The summed E-state index contributed by atoms with van der Waals surface area (Å²) in [6.45, 7) is -0.0981. The molecular formula is C14H14ClF2N5O. The van der Waals surface area contributed by atoms with Gasteiger partial charge in [0.25, 0.3) is 0 Å². The van der Waals surface area contributed by atoms with Gasteiger partial charge in [-0.25, -0.2) is 18.7 Å². The van der Waals surface area contributed by atoms with E-state index >= 15 is 0 Å². The van der Waals surface area contributed by atoms with Gasteiger partial charge in [0.15, 0.2) is 23.1 Å². The van der Waals surface area contributed by atoms with Gasteiger partial charge >= 0.3 is 0 Å². The lowest BCUT2D eigenvalue weighted by molar-refractivity contribution is 0.290. The Kier molecular flexibility index (Phi) is 5.41. The average molecular weight is 342 g/mol. The number of anilines is 1. The zero-order valence-corrected chi connectivity index (χ0v) is 12.7. The standard InChI is InChI=1S/C14H13F2N5O.ClH/c15-8-2-1-4-18-10(8)7-20-13-12-11(3-5-19-13)22-14(21-12)9(16)6-17;/h1-5,9H,6-7,17H2,(H,19,20);1H. The predicted octanol–water partition coefficient (Wildman–Crippen LogP) is 2.76. The normalized spacial score (nSPS) is 12.0. The number of fused-ring (bicyclic) bond motifs is 1. The van der Waals surface area contributed by atoms with Gasteiger partial charge in [-0.15, -0.1) is 12.4 Å². The first kappa shape index (κ1) is 17.0. The van der Waals surface area contributed by atoms with Crippen molar-refractivity contribution in [2.45, 2.75) is 12.7 Å². The van der Waals surface area contributed by atoms with Crippen LogP contribution in [0, 0.1) is 5.82 Å². The summed E-state index contributed by atoms with van der Waals surface area (Å²) >= 11 is 0. The Hall–Kier alpha value is -2.32. The number of aromatic nitrogens is 3. The number of rotatable bonds is 5. The van der Waals surface area contributed by atoms with Crippen molar-refractivity contribution >= 4 is 29.3 Å². The minimum atomic E-state index is -1.48. The molecule has 3 N–H and O–H groups in total. The van der Waals surface area contributed by atoms with Crippen molar-refractivity contribution in [3.8, 4) is 0 Å². The molecule has 6 nitrogen and oxygen atoms in total. The average Bonchev–Trinajstić information content (AvgIpc) is 2.98.